The van der Waals surface area contributed by atoms with Gasteiger partial charge in [0.25, 0.3) is 0 Å². The first-order valence-electron chi connectivity index (χ1n) is 5.31. The molecule has 0 saturated carbocycles. The van der Waals surface area contributed by atoms with Gasteiger partial charge in [-0.15, -0.1) is 0 Å². The van der Waals surface area contributed by atoms with Crippen LogP contribution in [0.1, 0.15) is 18.9 Å². The normalized spacial score (nSPS) is 13.6. The Hall–Kier alpha value is -0.530. The maximum Gasteiger partial charge on any atom is 0.154 e. The van der Waals surface area contributed by atoms with Gasteiger partial charge in [0.15, 0.2) is 9.84 Å². The summed E-state index contributed by atoms with van der Waals surface area (Å²) in [6.07, 6.45) is 0.263. The molecule has 7 heteroatoms. The molecule has 0 aliphatic carbocycles. The van der Waals surface area contributed by atoms with E-state index in [1.165, 1.54) is 6.07 Å². The zero-order chi connectivity index (χ0) is 13.9. The van der Waals surface area contributed by atoms with Crippen molar-refractivity contribution in [3.63, 3.8) is 0 Å². The lowest BCUT2D eigenvalue weighted by atomic mass is 10.2. The highest BCUT2D eigenvalue weighted by molar-refractivity contribution is 9.10. The lowest BCUT2D eigenvalue weighted by molar-refractivity contribution is 0.550. The first-order chi connectivity index (χ1) is 8.23. The third-order valence-electron chi connectivity index (χ3n) is 2.39. The molecule has 0 aliphatic heterocycles. The topological polar surface area (TPSA) is 60.2 Å². The molecule has 1 atom stereocenters. The number of benzene rings is 1. The molecule has 0 spiro atoms. The molecule has 3 nitrogen and oxygen atoms in total. The first-order valence-corrected chi connectivity index (χ1v) is 7.93. The molecule has 1 aromatic rings. The molecule has 0 radical (unpaired) electrons. The number of rotatable bonds is 5. The number of hydrogen-bond acceptors (Lipinski definition) is 3. The Bertz CT molecular complexity index is 532. The minimum Gasteiger partial charge on any atom is -0.328 e. The molecule has 1 rings (SSSR count). The van der Waals surface area contributed by atoms with Crippen molar-refractivity contribution < 1.29 is 17.2 Å². The largest absolute Gasteiger partial charge is 0.328 e. The van der Waals surface area contributed by atoms with E-state index in [1.54, 1.807) is 6.92 Å². The maximum absolute atomic E-state index is 13.6. The van der Waals surface area contributed by atoms with Gasteiger partial charge < -0.3 is 5.73 Å². The van der Waals surface area contributed by atoms with Crippen molar-refractivity contribution in [2.45, 2.75) is 25.1 Å². The van der Waals surface area contributed by atoms with Crippen LogP contribution in [0.4, 0.5) is 8.78 Å². The molecule has 0 aliphatic rings. The van der Waals surface area contributed by atoms with Crippen LogP contribution in [0.2, 0.25) is 0 Å². The second-order valence-corrected chi connectivity index (χ2v) is 7.22. The molecule has 1 aromatic carbocycles. The Morgan fingerprint density at radius 1 is 1.39 bits per heavy atom. The van der Waals surface area contributed by atoms with Crippen LogP contribution in [0.3, 0.4) is 0 Å². The Labute approximate surface area is 113 Å². The number of hydrogen-bond donors (Lipinski definition) is 1. The highest BCUT2D eigenvalue weighted by atomic mass is 79.9. The summed E-state index contributed by atoms with van der Waals surface area (Å²) in [4.78, 5) is 0. The zero-order valence-corrected chi connectivity index (χ0v) is 12.2. The molecule has 0 amide bonds. The number of halogens is 3. The predicted octanol–water partition coefficient (Wildman–Crippen LogP) is 2.38. The van der Waals surface area contributed by atoms with Crippen LogP contribution in [-0.4, -0.2) is 20.2 Å². The zero-order valence-electron chi connectivity index (χ0n) is 9.79. The van der Waals surface area contributed by atoms with Gasteiger partial charge in [0.2, 0.25) is 0 Å². The van der Waals surface area contributed by atoms with Gasteiger partial charge in [-0.2, -0.15) is 0 Å². The standard InChI is InChI=1S/C11H14BrF2NO2S/c1-7(15)4-5-18(16,17)6-8-10(13)3-2-9(12)11(8)14/h2-3,7H,4-6,15H2,1H3. The van der Waals surface area contributed by atoms with Crippen molar-refractivity contribution in [3.05, 3.63) is 33.8 Å². The summed E-state index contributed by atoms with van der Waals surface area (Å²) in [6, 6.07) is 1.96. The third-order valence-corrected chi connectivity index (χ3v) is 4.59. The van der Waals surface area contributed by atoms with Crippen molar-refractivity contribution in [3.8, 4) is 0 Å². The Morgan fingerprint density at radius 2 is 2.00 bits per heavy atom. The van der Waals surface area contributed by atoms with Gasteiger partial charge in [-0.05, 0) is 41.4 Å². The van der Waals surface area contributed by atoms with E-state index in [0.717, 1.165) is 6.07 Å². The van der Waals surface area contributed by atoms with E-state index in [1.807, 2.05) is 0 Å². The number of nitrogens with two attached hydrogens (primary N) is 1. The molecule has 102 valence electrons. The molecule has 0 bridgehead atoms. The van der Waals surface area contributed by atoms with Crippen molar-refractivity contribution in [1.29, 1.82) is 0 Å². The minimum absolute atomic E-state index is 0.0429. The van der Waals surface area contributed by atoms with E-state index in [0.29, 0.717) is 0 Å². The highest BCUT2D eigenvalue weighted by Gasteiger charge is 2.20. The molecule has 0 aromatic heterocycles. The summed E-state index contributed by atoms with van der Waals surface area (Å²) >= 11 is 2.89. The molecule has 18 heavy (non-hydrogen) atoms. The minimum atomic E-state index is -3.57. The lowest BCUT2D eigenvalue weighted by Crippen LogP contribution is -2.21. The van der Waals surface area contributed by atoms with Crippen molar-refractivity contribution >= 4 is 25.8 Å². The Balaban J connectivity index is 2.94. The van der Waals surface area contributed by atoms with Crippen molar-refractivity contribution in [1.82, 2.24) is 0 Å². The van der Waals surface area contributed by atoms with Gasteiger partial charge in [0, 0.05) is 11.6 Å². The van der Waals surface area contributed by atoms with Crippen LogP contribution in [0.15, 0.2) is 16.6 Å². The van der Waals surface area contributed by atoms with Crippen LogP contribution < -0.4 is 5.73 Å². The van der Waals surface area contributed by atoms with Crippen molar-refractivity contribution in [2.24, 2.45) is 5.73 Å². The summed E-state index contributed by atoms with van der Waals surface area (Å²) in [5, 5.41) is 0. The number of sulfone groups is 1. The quantitative estimate of drug-likeness (QED) is 0.836. The molecular weight excluding hydrogens is 328 g/mol. The average Bonchev–Trinajstić information content (AvgIpc) is 2.27. The molecule has 0 heterocycles. The second kappa shape index (κ2) is 6.08. The van der Waals surface area contributed by atoms with Gasteiger partial charge in [-0.3, -0.25) is 0 Å². The fourth-order valence-electron chi connectivity index (χ4n) is 1.36. The lowest BCUT2D eigenvalue weighted by Gasteiger charge is -2.09. The smallest absolute Gasteiger partial charge is 0.154 e. The van der Waals surface area contributed by atoms with Gasteiger partial charge in [0.1, 0.15) is 11.6 Å². The van der Waals surface area contributed by atoms with E-state index in [2.05, 4.69) is 15.9 Å². The molecule has 0 saturated heterocycles. The molecule has 1 unspecified atom stereocenters. The fraction of sp³-hybridized carbons (Fsp3) is 0.455. The molecule has 0 fully saturated rings. The van der Waals surface area contributed by atoms with E-state index in [4.69, 9.17) is 5.73 Å². The second-order valence-electron chi connectivity index (χ2n) is 4.18. The van der Waals surface area contributed by atoms with Crippen LogP contribution in [0.5, 0.6) is 0 Å². The summed E-state index contributed by atoms with van der Waals surface area (Å²) in [6.45, 7) is 1.68. The van der Waals surface area contributed by atoms with Crippen LogP contribution in [-0.2, 0) is 15.6 Å². The van der Waals surface area contributed by atoms with Gasteiger partial charge in [-0.1, -0.05) is 0 Å². The third kappa shape index (κ3) is 4.29. The summed E-state index contributed by atoms with van der Waals surface area (Å²) < 4.78 is 50.5. The van der Waals surface area contributed by atoms with Crippen LogP contribution in [0.25, 0.3) is 0 Å². The maximum atomic E-state index is 13.6. The average molecular weight is 342 g/mol. The van der Waals surface area contributed by atoms with E-state index in [-0.39, 0.29) is 22.7 Å². The van der Waals surface area contributed by atoms with Crippen LogP contribution in [0, 0.1) is 11.6 Å². The van der Waals surface area contributed by atoms with E-state index < -0.39 is 32.8 Å². The van der Waals surface area contributed by atoms with Gasteiger partial charge >= 0.3 is 0 Å². The van der Waals surface area contributed by atoms with E-state index >= 15 is 0 Å². The summed E-state index contributed by atoms with van der Waals surface area (Å²) in [5.41, 5.74) is 5.02. The Kier molecular flexibility index (Phi) is 5.24. The molecule has 2 N–H and O–H groups in total. The van der Waals surface area contributed by atoms with Crippen molar-refractivity contribution in [2.75, 3.05) is 5.75 Å². The van der Waals surface area contributed by atoms with E-state index in [9.17, 15) is 17.2 Å². The fourth-order valence-corrected chi connectivity index (χ4v) is 3.31. The summed E-state index contributed by atoms with van der Waals surface area (Å²) in [5.74, 6) is -2.58. The first kappa shape index (κ1) is 15.5. The monoisotopic (exact) mass is 341 g/mol. The molecular formula is C11H14BrF2NO2S. The highest BCUT2D eigenvalue weighted by Crippen LogP contribution is 2.23. The summed E-state index contributed by atoms with van der Waals surface area (Å²) in [7, 11) is -3.57. The predicted molar refractivity (Wildman–Crippen MR) is 69.8 cm³/mol. The van der Waals surface area contributed by atoms with Gasteiger partial charge in [-0.25, -0.2) is 17.2 Å². The Morgan fingerprint density at radius 3 is 2.56 bits per heavy atom. The SMILES string of the molecule is CC(N)CCS(=O)(=O)Cc1c(F)ccc(Br)c1F. The van der Waals surface area contributed by atoms with Crippen LogP contribution >= 0.6 is 15.9 Å². The van der Waals surface area contributed by atoms with Gasteiger partial charge in [0.05, 0.1) is 16.0 Å².